The Bertz CT molecular complexity index is 400. The Morgan fingerprint density at radius 1 is 1.50 bits per heavy atom. The van der Waals surface area contributed by atoms with E-state index < -0.39 is 0 Å². The van der Waals surface area contributed by atoms with Crippen molar-refractivity contribution in [2.24, 2.45) is 0 Å². The summed E-state index contributed by atoms with van der Waals surface area (Å²) in [4.78, 5) is 15.7. The van der Waals surface area contributed by atoms with Gasteiger partial charge in [0.05, 0.1) is 0 Å². The van der Waals surface area contributed by atoms with Gasteiger partial charge in [-0.3, -0.25) is 0 Å². The second-order valence-corrected chi connectivity index (χ2v) is 6.50. The third kappa shape index (κ3) is 4.49. The Morgan fingerprint density at radius 3 is 2.85 bits per heavy atom. The SMILES string of the molecule is CC(C)NC(=O)N(CCc1cccs1)C1CCOCC1. The number of hydrogen-bond acceptors (Lipinski definition) is 3. The monoisotopic (exact) mass is 296 g/mol. The van der Waals surface area contributed by atoms with Gasteiger partial charge in [-0.05, 0) is 44.6 Å². The van der Waals surface area contributed by atoms with Crippen LogP contribution in [0.4, 0.5) is 4.79 Å². The molecular weight excluding hydrogens is 272 g/mol. The third-order valence-electron chi connectivity index (χ3n) is 3.48. The highest BCUT2D eigenvalue weighted by molar-refractivity contribution is 7.09. The molecule has 0 saturated carbocycles. The average Bonchev–Trinajstić information content (AvgIpc) is 2.92. The number of amides is 2. The fraction of sp³-hybridized carbons (Fsp3) is 0.667. The van der Waals surface area contributed by atoms with Crippen molar-refractivity contribution < 1.29 is 9.53 Å². The highest BCUT2D eigenvalue weighted by Gasteiger charge is 2.25. The van der Waals surface area contributed by atoms with Gasteiger partial charge in [-0.1, -0.05) is 6.07 Å². The Kier molecular flexibility index (Phi) is 5.86. The first-order valence-electron chi connectivity index (χ1n) is 7.34. The predicted octanol–water partition coefficient (Wildman–Crippen LogP) is 2.89. The number of nitrogens with zero attached hydrogens (tertiary/aromatic N) is 1. The molecule has 4 nitrogen and oxygen atoms in total. The van der Waals surface area contributed by atoms with Crippen molar-refractivity contribution in [2.75, 3.05) is 19.8 Å². The second-order valence-electron chi connectivity index (χ2n) is 5.47. The molecule has 1 aromatic heterocycles. The van der Waals surface area contributed by atoms with Crippen molar-refractivity contribution in [1.82, 2.24) is 10.2 Å². The van der Waals surface area contributed by atoms with Crippen LogP contribution in [-0.2, 0) is 11.2 Å². The van der Waals surface area contributed by atoms with Crippen LogP contribution in [0, 0.1) is 0 Å². The van der Waals surface area contributed by atoms with E-state index in [1.807, 2.05) is 18.7 Å². The Hall–Kier alpha value is -1.07. The second kappa shape index (κ2) is 7.64. The summed E-state index contributed by atoms with van der Waals surface area (Å²) in [5, 5.41) is 5.11. The molecule has 1 fully saturated rings. The molecule has 1 aliphatic rings. The number of hydrogen-bond donors (Lipinski definition) is 1. The molecule has 0 aromatic carbocycles. The summed E-state index contributed by atoms with van der Waals surface area (Å²) in [6, 6.07) is 4.73. The van der Waals surface area contributed by atoms with Gasteiger partial charge >= 0.3 is 6.03 Å². The maximum atomic E-state index is 12.4. The molecule has 2 rings (SSSR count). The van der Waals surface area contributed by atoms with Crippen molar-refractivity contribution in [3.05, 3.63) is 22.4 Å². The largest absolute Gasteiger partial charge is 0.381 e. The minimum absolute atomic E-state index is 0.0588. The van der Waals surface area contributed by atoms with Crippen LogP contribution in [0.1, 0.15) is 31.6 Å². The van der Waals surface area contributed by atoms with E-state index >= 15 is 0 Å². The van der Waals surface area contributed by atoms with Crippen LogP contribution >= 0.6 is 11.3 Å². The van der Waals surface area contributed by atoms with Gasteiger partial charge in [0.25, 0.3) is 0 Å². The van der Waals surface area contributed by atoms with Crippen molar-refractivity contribution >= 4 is 17.4 Å². The predicted molar refractivity (Wildman–Crippen MR) is 82.2 cm³/mol. The summed E-state index contributed by atoms with van der Waals surface area (Å²) in [7, 11) is 0. The normalized spacial score (nSPS) is 16.4. The summed E-state index contributed by atoms with van der Waals surface area (Å²) < 4.78 is 5.40. The van der Waals surface area contributed by atoms with Gasteiger partial charge in [0.1, 0.15) is 0 Å². The lowest BCUT2D eigenvalue weighted by atomic mass is 10.1. The molecule has 112 valence electrons. The van der Waals surface area contributed by atoms with Gasteiger partial charge in [-0.2, -0.15) is 0 Å². The first kappa shape index (κ1) is 15.3. The zero-order valence-corrected chi connectivity index (χ0v) is 13.1. The van der Waals surface area contributed by atoms with Crippen LogP contribution in [0.2, 0.25) is 0 Å². The summed E-state index contributed by atoms with van der Waals surface area (Å²) in [6.45, 7) is 6.30. The molecule has 0 aliphatic carbocycles. The van der Waals surface area contributed by atoms with Gasteiger partial charge in [0.2, 0.25) is 0 Å². The van der Waals surface area contributed by atoms with Crippen LogP contribution in [0.5, 0.6) is 0 Å². The first-order valence-corrected chi connectivity index (χ1v) is 8.22. The molecule has 1 N–H and O–H groups in total. The Balaban J connectivity index is 1.96. The van der Waals surface area contributed by atoms with Gasteiger partial charge in [-0.25, -0.2) is 4.79 Å². The van der Waals surface area contributed by atoms with E-state index in [-0.39, 0.29) is 12.1 Å². The summed E-state index contributed by atoms with van der Waals surface area (Å²) in [5.74, 6) is 0. The van der Waals surface area contributed by atoms with Crippen molar-refractivity contribution in [3.8, 4) is 0 Å². The zero-order chi connectivity index (χ0) is 14.4. The third-order valence-corrected chi connectivity index (χ3v) is 4.42. The average molecular weight is 296 g/mol. The number of urea groups is 1. The lowest BCUT2D eigenvalue weighted by Gasteiger charge is -2.34. The van der Waals surface area contributed by atoms with Crippen LogP contribution < -0.4 is 5.32 Å². The Morgan fingerprint density at radius 2 is 2.25 bits per heavy atom. The molecule has 1 saturated heterocycles. The number of carbonyl (C=O) groups excluding carboxylic acids is 1. The molecule has 1 aliphatic heterocycles. The van der Waals surface area contributed by atoms with Crippen molar-refractivity contribution in [2.45, 2.75) is 45.2 Å². The summed E-state index contributed by atoms with van der Waals surface area (Å²) >= 11 is 1.75. The van der Waals surface area contributed by atoms with E-state index in [1.165, 1.54) is 4.88 Å². The van der Waals surface area contributed by atoms with Crippen molar-refractivity contribution in [3.63, 3.8) is 0 Å². The zero-order valence-electron chi connectivity index (χ0n) is 12.3. The van der Waals surface area contributed by atoms with Gasteiger partial charge in [-0.15, -0.1) is 11.3 Å². The molecule has 20 heavy (non-hydrogen) atoms. The van der Waals surface area contributed by atoms with Crippen molar-refractivity contribution in [1.29, 1.82) is 0 Å². The fourth-order valence-corrected chi connectivity index (χ4v) is 3.16. The minimum Gasteiger partial charge on any atom is -0.381 e. The number of ether oxygens (including phenoxy) is 1. The minimum atomic E-state index is 0.0588. The van der Waals surface area contributed by atoms with Crippen LogP contribution in [-0.4, -0.2) is 42.8 Å². The van der Waals surface area contributed by atoms with E-state index in [0.29, 0.717) is 6.04 Å². The molecule has 2 heterocycles. The fourth-order valence-electron chi connectivity index (χ4n) is 2.46. The van der Waals surface area contributed by atoms with Crippen LogP contribution in [0.15, 0.2) is 17.5 Å². The molecular formula is C15H24N2O2S. The van der Waals surface area contributed by atoms with Crippen LogP contribution in [0.25, 0.3) is 0 Å². The number of rotatable bonds is 5. The highest BCUT2D eigenvalue weighted by Crippen LogP contribution is 2.17. The Labute approximate surface area is 125 Å². The topological polar surface area (TPSA) is 41.6 Å². The summed E-state index contributed by atoms with van der Waals surface area (Å²) in [6.07, 6.45) is 2.81. The molecule has 2 amide bonds. The van der Waals surface area contributed by atoms with E-state index in [0.717, 1.165) is 39.0 Å². The maximum Gasteiger partial charge on any atom is 0.317 e. The van der Waals surface area contributed by atoms with Gasteiger partial charge in [0.15, 0.2) is 0 Å². The smallest absolute Gasteiger partial charge is 0.317 e. The standard InChI is InChI=1S/C15H24N2O2S/c1-12(2)16-15(18)17(13-6-9-19-10-7-13)8-5-14-4-3-11-20-14/h3-4,11-13H,5-10H2,1-2H3,(H,16,18). The lowest BCUT2D eigenvalue weighted by Crippen LogP contribution is -2.50. The highest BCUT2D eigenvalue weighted by atomic mass is 32.1. The molecule has 0 unspecified atom stereocenters. The van der Waals surface area contributed by atoms with Gasteiger partial charge in [0, 0.05) is 36.7 Å². The number of nitrogens with one attached hydrogen (secondary N) is 1. The summed E-state index contributed by atoms with van der Waals surface area (Å²) in [5.41, 5.74) is 0. The number of carbonyl (C=O) groups is 1. The molecule has 0 atom stereocenters. The molecule has 1 aromatic rings. The van der Waals surface area contributed by atoms with E-state index in [4.69, 9.17) is 4.74 Å². The van der Waals surface area contributed by atoms with E-state index in [9.17, 15) is 4.79 Å². The van der Waals surface area contributed by atoms with E-state index in [2.05, 4.69) is 22.8 Å². The molecule has 0 spiro atoms. The maximum absolute atomic E-state index is 12.4. The van der Waals surface area contributed by atoms with Gasteiger partial charge < -0.3 is 15.0 Å². The molecule has 0 radical (unpaired) electrons. The molecule has 0 bridgehead atoms. The number of thiophene rings is 1. The molecule has 5 heteroatoms. The quantitative estimate of drug-likeness (QED) is 0.908. The lowest BCUT2D eigenvalue weighted by molar-refractivity contribution is 0.0459. The van der Waals surface area contributed by atoms with Crippen LogP contribution in [0.3, 0.4) is 0 Å². The first-order chi connectivity index (χ1) is 9.66. The van der Waals surface area contributed by atoms with E-state index in [1.54, 1.807) is 11.3 Å².